The molecule has 148 valence electrons. The number of hydrogen-bond donors (Lipinski definition) is 1. The second-order valence-corrected chi connectivity index (χ2v) is 6.62. The van der Waals surface area contributed by atoms with E-state index in [1.807, 2.05) is 6.07 Å². The van der Waals surface area contributed by atoms with Crippen LogP contribution < -0.4 is 14.8 Å². The van der Waals surface area contributed by atoms with Crippen molar-refractivity contribution in [2.24, 2.45) is 16.8 Å². The zero-order valence-electron chi connectivity index (χ0n) is 15.7. The minimum atomic E-state index is -2.89. The molecule has 1 heterocycles. The number of alkyl halides is 2. The fraction of sp³-hybridized carbons (Fsp3) is 0.611. The highest BCUT2D eigenvalue weighted by atomic mass is 127. The van der Waals surface area contributed by atoms with E-state index in [9.17, 15) is 8.78 Å². The van der Waals surface area contributed by atoms with Crippen LogP contribution in [-0.2, 0) is 6.54 Å². The molecule has 0 saturated carbocycles. The Labute approximate surface area is 171 Å². The van der Waals surface area contributed by atoms with E-state index in [1.54, 1.807) is 19.2 Å². The number of nitrogens with one attached hydrogen (secondary N) is 1. The summed E-state index contributed by atoms with van der Waals surface area (Å²) >= 11 is 0. The smallest absolute Gasteiger partial charge is 0.387 e. The van der Waals surface area contributed by atoms with Crippen LogP contribution >= 0.6 is 24.0 Å². The fourth-order valence-corrected chi connectivity index (χ4v) is 3.37. The quantitative estimate of drug-likeness (QED) is 0.391. The van der Waals surface area contributed by atoms with Crippen molar-refractivity contribution in [3.05, 3.63) is 23.8 Å². The topological polar surface area (TPSA) is 46.1 Å². The summed E-state index contributed by atoms with van der Waals surface area (Å²) in [6, 6.07) is 5.01. The molecule has 1 aliphatic rings. The number of guanidine groups is 1. The van der Waals surface area contributed by atoms with Gasteiger partial charge >= 0.3 is 6.61 Å². The number of nitrogens with zero attached hydrogens (tertiary/aromatic N) is 2. The first-order valence-electron chi connectivity index (χ1n) is 8.50. The normalized spacial score (nSPS) is 20.6. The lowest BCUT2D eigenvalue weighted by Gasteiger charge is -2.37. The first kappa shape index (κ1) is 22.7. The highest BCUT2D eigenvalue weighted by Gasteiger charge is 2.24. The Kier molecular flexibility index (Phi) is 9.38. The zero-order chi connectivity index (χ0) is 18.4. The highest BCUT2D eigenvalue weighted by molar-refractivity contribution is 14.0. The van der Waals surface area contributed by atoms with Crippen LogP contribution in [0.2, 0.25) is 0 Å². The van der Waals surface area contributed by atoms with Gasteiger partial charge in [0.1, 0.15) is 0 Å². The standard InChI is InChI=1S/C18H27F2N3O2.HI/c1-12-7-13(2)11-23(10-12)18(21-3)22-9-14-5-6-15(24-4)16(8-14)25-17(19)20;/h5-6,8,12-13,17H,7,9-11H2,1-4H3,(H,21,22);1H. The molecule has 2 rings (SSSR count). The minimum Gasteiger partial charge on any atom is -0.493 e. The van der Waals surface area contributed by atoms with Gasteiger partial charge < -0.3 is 19.7 Å². The number of benzene rings is 1. The summed E-state index contributed by atoms with van der Waals surface area (Å²) in [6.45, 7) is 4.00. The van der Waals surface area contributed by atoms with Gasteiger partial charge in [0.2, 0.25) is 0 Å². The van der Waals surface area contributed by atoms with Gasteiger partial charge in [-0.1, -0.05) is 19.9 Å². The van der Waals surface area contributed by atoms with E-state index in [4.69, 9.17) is 4.74 Å². The van der Waals surface area contributed by atoms with E-state index in [-0.39, 0.29) is 35.5 Å². The van der Waals surface area contributed by atoms with E-state index in [0.29, 0.717) is 18.4 Å². The van der Waals surface area contributed by atoms with Crippen LogP contribution in [0.15, 0.2) is 23.2 Å². The maximum atomic E-state index is 12.5. The Hall–Kier alpha value is -1.32. The molecule has 1 fully saturated rings. The van der Waals surface area contributed by atoms with Crippen molar-refractivity contribution in [1.29, 1.82) is 0 Å². The van der Waals surface area contributed by atoms with E-state index < -0.39 is 6.61 Å². The second-order valence-electron chi connectivity index (χ2n) is 6.62. The predicted molar refractivity (Wildman–Crippen MR) is 110 cm³/mol. The van der Waals surface area contributed by atoms with Gasteiger partial charge in [0.05, 0.1) is 7.11 Å². The molecule has 0 aliphatic carbocycles. The van der Waals surface area contributed by atoms with Crippen molar-refractivity contribution in [1.82, 2.24) is 10.2 Å². The molecule has 0 radical (unpaired) electrons. The summed E-state index contributed by atoms with van der Waals surface area (Å²) in [5.74, 6) is 2.38. The number of halogens is 3. The Morgan fingerprint density at radius 3 is 2.46 bits per heavy atom. The van der Waals surface area contributed by atoms with E-state index in [1.165, 1.54) is 13.5 Å². The molecule has 1 aliphatic heterocycles. The number of ether oxygens (including phenoxy) is 2. The van der Waals surface area contributed by atoms with Crippen LogP contribution in [-0.4, -0.2) is 44.7 Å². The molecule has 1 N–H and O–H groups in total. The number of hydrogen-bond acceptors (Lipinski definition) is 3. The number of methoxy groups -OCH3 is 1. The molecular weight excluding hydrogens is 455 g/mol. The van der Waals surface area contributed by atoms with Crippen molar-refractivity contribution in [3.63, 3.8) is 0 Å². The summed E-state index contributed by atoms with van der Waals surface area (Å²) in [4.78, 5) is 6.60. The number of piperidine rings is 1. The largest absolute Gasteiger partial charge is 0.493 e. The number of rotatable bonds is 5. The third-order valence-electron chi connectivity index (χ3n) is 4.27. The van der Waals surface area contributed by atoms with Crippen LogP contribution in [0.3, 0.4) is 0 Å². The van der Waals surface area contributed by atoms with Gasteiger partial charge in [0.15, 0.2) is 17.5 Å². The summed E-state index contributed by atoms with van der Waals surface area (Å²) in [7, 11) is 3.18. The van der Waals surface area contributed by atoms with Gasteiger partial charge in [-0.2, -0.15) is 8.78 Å². The molecule has 0 spiro atoms. The molecule has 0 aromatic heterocycles. The highest BCUT2D eigenvalue weighted by Crippen LogP contribution is 2.29. The molecule has 0 amide bonds. The van der Waals surface area contributed by atoms with Gasteiger partial charge in [-0.05, 0) is 36.0 Å². The maximum Gasteiger partial charge on any atom is 0.387 e. The molecule has 2 unspecified atom stereocenters. The van der Waals surface area contributed by atoms with Crippen LogP contribution in [0.4, 0.5) is 8.78 Å². The second kappa shape index (κ2) is 10.7. The lowest BCUT2D eigenvalue weighted by Crippen LogP contribution is -2.48. The summed E-state index contributed by atoms with van der Waals surface area (Å²) in [5, 5.41) is 3.31. The van der Waals surface area contributed by atoms with Crippen molar-refractivity contribution < 1.29 is 18.3 Å². The van der Waals surface area contributed by atoms with Crippen molar-refractivity contribution >= 4 is 29.9 Å². The SMILES string of the molecule is CN=C(NCc1ccc(OC)c(OC(F)F)c1)N1CC(C)CC(C)C1.I. The average molecular weight is 483 g/mol. The first-order chi connectivity index (χ1) is 11.9. The molecule has 26 heavy (non-hydrogen) atoms. The van der Waals surface area contributed by atoms with E-state index in [2.05, 4.69) is 33.8 Å². The van der Waals surface area contributed by atoms with Crippen LogP contribution in [0.1, 0.15) is 25.8 Å². The summed E-state index contributed by atoms with van der Waals surface area (Å²) < 4.78 is 34.7. The molecular formula is C18H28F2IN3O2. The van der Waals surface area contributed by atoms with Gasteiger partial charge in [0, 0.05) is 26.7 Å². The van der Waals surface area contributed by atoms with Crippen LogP contribution in [0.5, 0.6) is 11.5 Å². The van der Waals surface area contributed by atoms with Crippen molar-refractivity contribution in [3.8, 4) is 11.5 Å². The van der Waals surface area contributed by atoms with Gasteiger partial charge in [-0.25, -0.2) is 0 Å². The summed E-state index contributed by atoms with van der Waals surface area (Å²) in [6.07, 6.45) is 1.22. The third-order valence-corrected chi connectivity index (χ3v) is 4.27. The molecule has 1 saturated heterocycles. The summed E-state index contributed by atoms with van der Waals surface area (Å²) in [5.41, 5.74) is 0.815. The maximum absolute atomic E-state index is 12.5. The van der Waals surface area contributed by atoms with Gasteiger partial charge in [0.25, 0.3) is 0 Å². The average Bonchev–Trinajstić information content (AvgIpc) is 2.54. The van der Waals surface area contributed by atoms with Crippen LogP contribution in [0.25, 0.3) is 0 Å². The third kappa shape index (κ3) is 6.44. The number of likely N-dealkylation sites (tertiary alicyclic amines) is 1. The minimum absolute atomic E-state index is 0. The van der Waals surface area contributed by atoms with E-state index in [0.717, 1.165) is 24.6 Å². The zero-order valence-corrected chi connectivity index (χ0v) is 18.0. The molecule has 1 aromatic carbocycles. The molecule has 8 heteroatoms. The Bertz CT molecular complexity index is 592. The monoisotopic (exact) mass is 483 g/mol. The lowest BCUT2D eigenvalue weighted by molar-refractivity contribution is -0.0512. The molecule has 5 nitrogen and oxygen atoms in total. The van der Waals surface area contributed by atoms with Gasteiger partial charge in [-0.15, -0.1) is 24.0 Å². The lowest BCUT2D eigenvalue weighted by atomic mass is 9.92. The first-order valence-corrected chi connectivity index (χ1v) is 8.50. The van der Waals surface area contributed by atoms with E-state index >= 15 is 0 Å². The molecule has 2 atom stereocenters. The molecule has 1 aromatic rings. The van der Waals surface area contributed by atoms with Gasteiger partial charge in [-0.3, -0.25) is 4.99 Å². The van der Waals surface area contributed by atoms with Crippen molar-refractivity contribution in [2.75, 3.05) is 27.2 Å². The number of aliphatic imine (C=N–C) groups is 1. The fourth-order valence-electron chi connectivity index (χ4n) is 3.37. The Morgan fingerprint density at radius 1 is 1.27 bits per heavy atom. The Morgan fingerprint density at radius 2 is 1.92 bits per heavy atom. The van der Waals surface area contributed by atoms with Crippen LogP contribution in [0, 0.1) is 11.8 Å². The molecule has 0 bridgehead atoms. The van der Waals surface area contributed by atoms with Crippen molar-refractivity contribution in [2.45, 2.75) is 33.4 Å². The Balaban J connectivity index is 0.00000338. The predicted octanol–water partition coefficient (Wildman–Crippen LogP) is 3.97.